The topological polar surface area (TPSA) is 34.1 Å². The Kier molecular flexibility index (Phi) is 4.74. The van der Waals surface area contributed by atoms with E-state index >= 15 is 0 Å². The average Bonchev–Trinajstić information content (AvgIpc) is 2.10. The predicted octanol–water partition coefficient (Wildman–Crippen LogP) is 4.17. The van der Waals surface area contributed by atoms with Crippen molar-refractivity contribution in [2.24, 2.45) is 16.7 Å². The van der Waals surface area contributed by atoms with Gasteiger partial charge < -0.3 is 9.59 Å². The van der Waals surface area contributed by atoms with E-state index in [4.69, 9.17) is 0 Å². The lowest BCUT2D eigenvalue weighted by Crippen LogP contribution is -2.36. The second kappa shape index (κ2) is 5.54. The van der Waals surface area contributed by atoms with Crippen LogP contribution in [0.5, 0.6) is 0 Å². The minimum Gasteiger partial charge on any atom is -0.300 e. The minimum atomic E-state index is 0.230. The molecule has 1 aliphatic carbocycles. The molecule has 1 rings (SSSR count). The Balaban J connectivity index is 2.72. The summed E-state index contributed by atoms with van der Waals surface area (Å²) in [6, 6.07) is 0. The Bertz CT molecular complexity index is 330. The maximum Gasteiger partial charge on any atom is 0.130 e. The summed E-state index contributed by atoms with van der Waals surface area (Å²) >= 11 is 0. The summed E-state index contributed by atoms with van der Waals surface area (Å²) < 4.78 is 0. The molecule has 18 heavy (non-hydrogen) atoms. The number of carbonyl (C=O) groups excluding carboxylic acids is 2. The van der Waals surface area contributed by atoms with Crippen molar-refractivity contribution in [2.75, 3.05) is 0 Å². The second-order valence-corrected chi connectivity index (χ2v) is 7.53. The number of hydrogen-bond acceptors (Lipinski definition) is 2. The first-order chi connectivity index (χ1) is 8.12. The molecule has 0 bridgehead atoms. The van der Waals surface area contributed by atoms with Crippen LogP contribution in [-0.4, -0.2) is 11.6 Å². The van der Waals surface area contributed by atoms with Crippen molar-refractivity contribution in [3.63, 3.8) is 0 Å². The fourth-order valence-corrected chi connectivity index (χ4v) is 4.07. The molecular formula is C16H28O2. The van der Waals surface area contributed by atoms with E-state index in [2.05, 4.69) is 20.8 Å². The van der Waals surface area contributed by atoms with Gasteiger partial charge in [-0.15, -0.1) is 0 Å². The molecule has 0 aromatic heterocycles. The summed E-state index contributed by atoms with van der Waals surface area (Å²) in [6.07, 6.45) is 5.77. The van der Waals surface area contributed by atoms with Crippen molar-refractivity contribution in [3.8, 4) is 0 Å². The van der Waals surface area contributed by atoms with Crippen molar-refractivity contribution in [1.82, 2.24) is 0 Å². The van der Waals surface area contributed by atoms with Gasteiger partial charge in [-0.25, -0.2) is 0 Å². The molecule has 0 heterocycles. The fourth-order valence-electron chi connectivity index (χ4n) is 4.07. The summed E-state index contributed by atoms with van der Waals surface area (Å²) in [4.78, 5) is 22.5. The van der Waals surface area contributed by atoms with Crippen molar-refractivity contribution >= 4 is 11.6 Å². The largest absolute Gasteiger partial charge is 0.300 e. The van der Waals surface area contributed by atoms with Crippen LogP contribution in [-0.2, 0) is 9.59 Å². The van der Waals surface area contributed by atoms with Gasteiger partial charge in [0, 0.05) is 12.8 Å². The van der Waals surface area contributed by atoms with E-state index in [1.54, 1.807) is 13.8 Å². The van der Waals surface area contributed by atoms with E-state index in [1.165, 1.54) is 6.42 Å². The van der Waals surface area contributed by atoms with Gasteiger partial charge in [-0.3, -0.25) is 0 Å². The molecule has 0 N–H and O–H groups in total. The SMILES string of the molecule is CC(=O)CCC1(C)CC(CC(C)=O)CC(C)(C)C1. The van der Waals surface area contributed by atoms with Gasteiger partial charge >= 0.3 is 0 Å². The summed E-state index contributed by atoms with van der Waals surface area (Å²) in [7, 11) is 0. The molecule has 0 spiro atoms. The second-order valence-electron chi connectivity index (χ2n) is 7.53. The Hall–Kier alpha value is -0.660. The van der Waals surface area contributed by atoms with Gasteiger partial charge in [0.25, 0.3) is 0 Å². The highest BCUT2D eigenvalue weighted by Gasteiger charge is 2.41. The van der Waals surface area contributed by atoms with Crippen LogP contribution in [0, 0.1) is 16.7 Å². The molecule has 0 saturated heterocycles. The van der Waals surface area contributed by atoms with Crippen LogP contribution in [0.25, 0.3) is 0 Å². The predicted molar refractivity (Wildman–Crippen MR) is 74.4 cm³/mol. The van der Waals surface area contributed by atoms with E-state index in [0.717, 1.165) is 19.3 Å². The lowest BCUT2D eigenvalue weighted by Gasteiger charge is -2.47. The van der Waals surface area contributed by atoms with Crippen LogP contribution < -0.4 is 0 Å². The highest BCUT2D eigenvalue weighted by Crippen LogP contribution is 2.51. The van der Waals surface area contributed by atoms with Gasteiger partial charge in [0.05, 0.1) is 0 Å². The van der Waals surface area contributed by atoms with Crippen LogP contribution in [0.4, 0.5) is 0 Å². The lowest BCUT2D eigenvalue weighted by molar-refractivity contribution is -0.120. The molecular weight excluding hydrogens is 224 g/mol. The summed E-state index contributed by atoms with van der Waals surface area (Å²) in [6.45, 7) is 10.2. The minimum absolute atomic E-state index is 0.230. The molecule has 1 saturated carbocycles. The monoisotopic (exact) mass is 252 g/mol. The van der Waals surface area contributed by atoms with Crippen molar-refractivity contribution < 1.29 is 9.59 Å². The highest BCUT2D eigenvalue weighted by molar-refractivity contribution is 5.76. The van der Waals surface area contributed by atoms with E-state index < -0.39 is 0 Å². The fraction of sp³-hybridized carbons (Fsp3) is 0.875. The number of hydrogen-bond donors (Lipinski definition) is 0. The van der Waals surface area contributed by atoms with E-state index in [1.807, 2.05) is 0 Å². The Morgan fingerprint density at radius 3 is 2.17 bits per heavy atom. The van der Waals surface area contributed by atoms with Gasteiger partial charge in [0.1, 0.15) is 11.6 Å². The molecule has 1 aliphatic rings. The third-order valence-electron chi connectivity index (χ3n) is 4.18. The van der Waals surface area contributed by atoms with Crippen LogP contribution in [0.15, 0.2) is 0 Å². The zero-order valence-electron chi connectivity index (χ0n) is 12.6. The van der Waals surface area contributed by atoms with E-state index in [-0.39, 0.29) is 11.2 Å². The summed E-state index contributed by atoms with van der Waals surface area (Å²) in [5, 5.41) is 0. The van der Waals surface area contributed by atoms with Crippen LogP contribution >= 0.6 is 0 Å². The maximum absolute atomic E-state index is 11.3. The van der Waals surface area contributed by atoms with Gasteiger partial charge in [-0.05, 0) is 56.3 Å². The molecule has 0 radical (unpaired) electrons. The molecule has 2 heteroatoms. The summed E-state index contributed by atoms with van der Waals surface area (Å²) in [5.74, 6) is 1.08. The smallest absolute Gasteiger partial charge is 0.130 e. The van der Waals surface area contributed by atoms with Gasteiger partial charge in [0.2, 0.25) is 0 Å². The molecule has 0 aromatic carbocycles. The maximum atomic E-state index is 11.3. The third kappa shape index (κ3) is 4.91. The van der Waals surface area contributed by atoms with Gasteiger partial charge in [-0.2, -0.15) is 0 Å². The normalized spacial score (nSPS) is 31.1. The molecule has 1 fully saturated rings. The van der Waals surface area contributed by atoms with Gasteiger partial charge in [0.15, 0.2) is 0 Å². The summed E-state index contributed by atoms with van der Waals surface area (Å²) in [5.41, 5.74) is 0.525. The number of Topliss-reactive ketones (excluding diaryl/α,β-unsaturated/α-hetero) is 2. The zero-order valence-corrected chi connectivity index (χ0v) is 12.6. The van der Waals surface area contributed by atoms with E-state index in [9.17, 15) is 9.59 Å². The molecule has 0 aromatic rings. The molecule has 2 unspecified atom stereocenters. The molecule has 0 aliphatic heterocycles. The number of rotatable bonds is 5. The van der Waals surface area contributed by atoms with Gasteiger partial charge in [-0.1, -0.05) is 20.8 Å². The Morgan fingerprint density at radius 1 is 1.06 bits per heavy atom. The number of carbonyl (C=O) groups is 2. The first kappa shape index (κ1) is 15.4. The third-order valence-corrected chi connectivity index (χ3v) is 4.18. The van der Waals surface area contributed by atoms with Crippen molar-refractivity contribution in [3.05, 3.63) is 0 Å². The first-order valence-electron chi connectivity index (χ1n) is 7.11. The first-order valence-corrected chi connectivity index (χ1v) is 7.11. The van der Waals surface area contributed by atoms with E-state index in [0.29, 0.717) is 30.0 Å². The van der Waals surface area contributed by atoms with Crippen LogP contribution in [0.1, 0.15) is 73.1 Å². The zero-order chi connectivity index (χ0) is 14.0. The van der Waals surface area contributed by atoms with Crippen molar-refractivity contribution in [2.45, 2.75) is 73.1 Å². The lowest BCUT2D eigenvalue weighted by atomic mass is 9.58. The molecule has 0 amide bonds. The average molecular weight is 252 g/mol. The van der Waals surface area contributed by atoms with Crippen LogP contribution in [0.2, 0.25) is 0 Å². The standard InChI is InChI=1S/C16H28O2/c1-12(17)6-7-16(5)10-14(8-13(2)18)9-15(3,4)11-16/h14H,6-11H2,1-5H3. The molecule has 2 nitrogen and oxygen atoms in total. The van der Waals surface area contributed by atoms with Crippen LogP contribution in [0.3, 0.4) is 0 Å². The van der Waals surface area contributed by atoms with Crippen molar-refractivity contribution in [1.29, 1.82) is 0 Å². The number of ketones is 2. The Labute approximate surface area is 112 Å². The highest BCUT2D eigenvalue weighted by atomic mass is 16.1. The Morgan fingerprint density at radius 2 is 1.67 bits per heavy atom. The molecule has 104 valence electrons. The quantitative estimate of drug-likeness (QED) is 0.736. The molecule has 2 atom stereocenters.